The Labute approximate surface area is 283 Å². The predicted octanol–water partition coefficient (Wildman–Crippen LogP) is 4.49. The number of hydrogen-bond acceptors (Lipinski definition) is 8. The van der Waals surface area contributed by atoms with Gasteiger partial charge < -0.3 is 37.1 Å². The number of ether oxygens (including phenoxy) is 1. The zero-order valence-corrected chi connectivity index (χ0v) is 28.4. The van der Waals surface area contributed by atoms with E-state index in [1.807, 2.05) is 74.5 Å². The van der Waals surface area contributed by atoms with Crippen LogP contribution >= 0.6 is 25.3 Å². The number of nitrogens with two attached hydrogens (primary N) is 2. The van der Waals surface area contributed by atoms with Crippen LogP contribution in [0.1, 0.15) is 50.7 Å². The van der Waals surface area contributed by atoms with Crippen molar-refractivity contribution in [1.82, 2.24) is 20.9 Å². The Hall–Kier alpha value is -3.77. The number of nitrogens with zero attached hydrogens (tertiary/aromatic N) is 1. The van der Waals surface area contributed by atoms with E-state index in [9.17, 15) is 14.4 Å². The summed E-state index contributed by atoms with van der Waals surface area (Å²) in [6.45, 7) is 4.02. The molecule has 0 heterocycles. The Morgan fingerprint density at radius 1 is 0.935 bits per heavy atom. The standard InChI is InChI=1S/C34H48N6O4S2/c1-23(2)31(39-33(42)40(29-15-16-29)20-26(36)22-45)32(41)37-27(17-24-9-5-3-6-10-24)13-14-28(18-25-11-7-4-8-12-25)38-34(43)44-21-30(46)19-35/h3-12,19,22-23,27-29,31,45-46H,13-18,20-21,35-36H2,1-2H3,(H,37,41)(H,38,43)(H,39,42)/b26-22-,30-19-/t27-,28-,31+/m1/s1. The maximum Gasteiger partial charge on any atom is 0.407 e. The summed E-state index contributed by atoms with van der Waals surface area (Å²) < 4.78 is 5.29. The van der Waals surface area contributed by atoms with E-state index in [4.69, 9.17) is 16.2 Å². The van der Waals surface area contributed by atoms with E-state index >= 15 is 0 Å². The molecule has 1 fully saturated rings. The molecule has 10 nitrogen and oxygen atoms in total. The number of rotatable bonds is 17. The molecule has 0 spiro atoms. The van der Waals surface area contributed by atoms with Gasteiger partial charge in [0.05, 0.1) is 6.54 Å². The first-order valence-electron chi connectivity index (χ1n) is 15.7. The number of alkyl carbamates (subject to hydrolysis) is 1. The van der Waals surface area contributed by atoms with Crippen molar-refractivity contribution in [3.05, 3.63) is 94.0 Å². The summed E-state index contributed by atoms with van der Waals surface area (Å²) in [5.74, 6) is -0.429. The number of benzene rings is 2. The maximum atomic E-state index is 13.8. The van der Waals surface area contributed by atoms with Gasteiger partial charge in [-0.3, -0.25) is 4.79 Å². The van der Waals surface area contributed by atoms with Gasteiger partial charge in [-0.25, -0.2) is 9.59 Å². The molecule has 0 aliphatic heterocycles. The molecule has 0 radical (unpaired) electrons. The SMILES string of the molecule is CC(C)[C@H](NC(=O)N(C/C(N)=C/S)C1CC1)C(=O)N[C@H](CC[C@H](Cc1ccccc1)NC(=O)OC/C(S)=C/N)Cc1ccccc1. The van der Waals surface area contributed by atoms with Gasteiger partial charge in [0, 0.05) is 34.9 Å². The van der Waals surface area contributed by atoms with Crippen molar-refractivity contribution >= 4 is 43.3 Å². The van der Waals surface area contributed by atoms with E-state index in [1.54, 1.807) is 4.90 Å². The molecule has 250 valence electrons. The highest BCUT2D eigenvalue weighted by atomic mass is 32.1. The summed E-state index contributed by atoms with van der Waals surface area (Å²) in [5.41, 5.74) is 14.0. The first kappa shape index (κ1) is 36.7. The second kappa shape index (κ2) is 19.0. The molecule has 12 heteroatoms. The van der Waals surface area contributed by atoms with Gasteiger partial charge in [-0.1, -0.05) is 74.5 Å². The number of carbonyl (C=O) groups is 3. The average molecular weight is 669 g/mol. The highest BCUT2D eigenvalue weighted by Gasteiger charge is 2.35. The number of carbonyl (C=O) groups excluding carboxylic acids is 3. The van der Waals surface area contributed by atoms with Crippen LogP contribution in [0.3, 0.4) is 0 Å². The zero-order valence-electron chi connectivity index (χ0n) is 26.6. The van der Waals surface area contributed by atoms with E-state index in [2.05, 4.69) is 41.2 Å². The quantitative estimate of drug-likeness (QED) is 0.124. The van der Waals surface area contributed by atoms with Crippen LogP contribution in [0.25, 0.3) is 0 Å². The van der Waals surface area contributed by atoms with E-state index < -0.39 is 12.1 Å². The smallest absolute Gasteiger partial charge is 0.407 e. The lowest BCUT2D eigenvalue weighted by molar-refractivity contribution is -0.124. The minimum Gasteiger partial charge on any atom is -0.444 e. The highest BCUT2D eigenvalue weighted by Crippen LogP contribution is 2.27. The molecule has 4 amide bonds. The van der Waals surface area contributed by atoms with Gasteiger partial charge in [-0.05, 0) is 61.0 Å². The molecule has 0 aromatic heterocycles. The van der Waals surface area contributed by atoms with Crippen molar-refractivity contribution in [2.45, 2.75) is 76.5 Å². The minimum absolute atomic E-state index is 0.0335. The normalized spacial score (nSPS) is 15.4. The topological polar surface area (TPSA) is 152 Å². The molecule has 0 bridgehead atoms. The second-order valence-corrected chi connectivity index (χ2v) is 12.8. The molecule has 2 aromatic rings. The van der Waals surface area contributed by atoms with E-state index in [0.29, 0.717) is 36.3 Å². The van der Waals surface area contributed by atoms with Crippen LogP contribution in [-0.2, 0) is 22.4 Å². The lowest BCUT2D eigenvalue weighted by atomic mass is 9.95. The lowest BCUT2D eigenvalue weighted by Crippen LogP contribution is -2.56. The Morgan fingerprint density at radius 2 is 1.48 bits per heavy atom. The molecule has 7 N–H and O–H groups in total. The van der Waals surface area contributed by atoms with E-state index in [-0.39, 0.29) is 49.1 Å². The molecule has 3 atom stereocenters. The fraction of sp³-hybridized carbons (Fsp3) is 0.441. The van der Waals surface area contributed by atoms with Crippen molar-refractivity contribution in [2.75, 3.05) is 13.2 Å². The first-order chi connectivity index (χ1) is 22.1. The largest absolute Gasteiger partial charge is 0.444 e. The summed E-state index contributed by atoms with van der Waals surface area (Å²) in [6, 6.07) is 18.3. The second-order valence-electron chi connectivity index (χ2n) is 12.0. The van der Waals surface area contributed by atoms with Crippen LogP contribution in [0.4, 0.5) is 9.59 Å². The monoisotopic (exact) mass is 668 g/mol. The van der Waals surface area contributed by atoms with Gasteiger partial charge in [-0.2, -0.15) is 0 Å². The third-order valence-electron chi connectivity index (χ3n) is 7.72. The number of amides is 4. The Kier molecular flexibility index (Phi) is 15.2. The van der Waals surface area contributed by atoms with Crippen LogP contribution in [0.5, 0.6) is 0 Å². The summed E-state index contributed by atoms with van der Waals surface area (Å²) >= 11 is 8.28. The first-order valence-corrected chi connectivity index (χ1v) is 16.6. The summed E-state index contributed by atoms with van der Waals surface area (Å²) in [7, 11) is 0. The van der Waals surface area contributed by atoms with E-state index in [0.717, 1.165) is 24.0 Å². The molecular weight excluding hydrogens is 621 g/mol. The summed E-state index contributed by atoms with van der Waals surface area (Å²) in [6.07, 6.45) is 4.78. The molecule has 1 saturated carbocycles. The van der Waals surface area contributed by atoms with Gasteiger partial charge in [0.25, 0.3) is 0 Å². The average Bonchev–Trinajstić information content (AvgIpc) is 3.89. The molecule has 3 rings (SSSR count). The Balaban J connectivity index is 1.74. The van der Waals surface area contributed by atoms with Crippen LogP contribution in [0, 0.1) is 5.92 Å². The predicted molar refractivity (Wildman–Crippen MR) is 189 cm³/mol. The number of urea groups is 1. The third kappa shape index (κ3) is 12.9. The van der Waals surface area contributed by atoms with Gasteiger partial charge in [0.1, 0.15) is 12.6 Å². The Morgan fingerprint density at radius 3 is 1.96 bits per heavy atom. The van der Waals surface area contributed by atoms with Gasteiger partial charge in [0.2, 0.25) is 5.91 Å². The fourth-order valence-corrected chi connectivity index (χ4v) is 5.22. The van der Waals surface area contributed by atoms with Crippen LogP contribution in [-0.4, -0.2) is 60.3 Å². The molecule has 46 heavy (non-hydrogen) atoms. The third-order valence-corrected chi connectivity index (χ3v) is 8.33. The molecule has 1 aliphatic carbocycles. The maximum absolute atomic E-state index is 13.8. The van der Waals surface area contributed by atoms with Gasteiger partial charge in [0.15, 0.2) is 0 Å². The van der Waals surface area contributed by atoms with Crippen molar-refractivity contribution in [3.8, 4) is 0 Å². The van der Waals surface area contributed by atoms with Crippen molar-refractivity contribution in [2.24, 2.45) is 17.4 Å². The molecule has 0 saturated heterocycles. The van der Waals surface area contributed by atoms with Crippen LogP contribution in [0.2, 0.25) is 0 Å². The van der Waals surface area contributed by atoms with Gasteiger partial charge in [-0.15, -0.1) is 25.3 Å². The van der Waals surface area contributed by atoms with Crippen molar-refractivity contribution < 1.29 is 19.1 Å². The van der Waals surface area contributed by atoms with Crippen molar-refractivity contribution in [3.63, 3.8) is 0 Å². The van der Waals surface area contributed by atoms with Gasteiger partial charge >= 0.3 is 12.1 Å². The molecule has 0 unspecified atom stereocenters. The fourth-order valence-electron chi connectivity index (χ4n) is 5.08. The van der Waals surface area contributed by atoms with E-state index in [1.165, 1.54) is 11.6 Å². The number of hydrogen-bond donors (Lipinski definition) is 7. The Bertz CT molecular complexity index is 1320. The summed E-state index contributed by atoms with van der Waals surface area (Å²) in [5, 5.41) is 10.6. The lowest BCUT2D eigenvalue weighted by Gasteiger charge is -2.30. The highest BCUT2D eigenvalue weighted by molar-refractivity contribution is 7.84. The molecule has 1 aliphatic rings. The summed E-state index contributed by atoms with van der Waals surface area (Å²) in [4.78, 5) is 41.9. The van der Waals surface area contributed by atoms with Crippen LogP contribution < -0.4 is 27.4 Å². The number of thiol groups is 2. The zero-order chi connectivity index (χ0) is 33.5. The molecular formula is C34H48N6O4S2. The molecule has 2 aromatic carbocycles. The van der Waals surface area contributed by atoms with Crippen LogP contribution in [0.15, 0.2) is 82.9 Å². The minimum atomic E-state index is -0.757. The number of nitrogens with one attached hydrogen (secondary N) is 3. The van der Waals surface area contributed by atoms with Crippen molar-refractivity contribution in [1.29, 1.82) is 0 Å².